The lowest BCUT2D eigenvalue weighted by Gasteiger charge is -2.40. The van der Waals surface area contributed by atoms with E-state index in [9.17, 15) is 22.4 Å². The number of piperidine rings is 1. The Labute approximate surface area is 224 Å². The van der Waals surface area contributed by atoms with Crippen LogP contribution < -0.4 is 9.47 Å². The first kappa shape index (κ1) is 28.6. The molecule has 1 saturated heterocycles. The van der Waals surface area contributed by atoms with Gasteiger partial charge in [-0.25, -0.2) is 13.2 Å². The molecule has 2 aromatic carbocycles. The molecular weight excluding hydrogens is 516 g/mol. The van der Waals surface area contributed by atoms with Crippen molar-refractivity contribution in [3.63, 3.8) is 0 Å². The van der Waals surface area contributed by atoms with Gasteiger partial charge >= 0.3 is 5.97 Å². The van der Waals surface area contributed by atoms with Crippen molar-refractivity contribution in [2.45, 2.75) is 39.0 Å². The Morgan fingerprint density at radius 3 is 2.56 bits per heavy atom. The molecular formula is C29H32F4N2O4. The molecule has 39 heavy (non-hydrogen) atoms. The van der Waals surface area contributed by atoms with Crippen LogP contribution in [-0.4, -0.2) is 55.8 Å². The number of aryl methyl sites for hydroxylation is 1. The third kappa shape index (κ3) is 6.61. The van der Waals surface area contributed by atoms with E-state index in [1.807, 2.05) is 4.90 Å². The van der Waals surface area contributed by atoms with E-state index in [0.717, 1.165) is 6.07 Å². The predicted molar refractivity (Wildman–Crippen MR) is 138 cm³/mol. The Hall–Kier alpha value is -3.40. The van der Waals surface area contributed by atoms with Gasteiger partial charge in [-0.05, 0) is 75.9 Å². The summed E-state index contributed by atoms with van der Waals surface area (Å²) in [6.45, 7) is 3.57. The van der Waals surface area contributed by atoms with Gasteiger partial charge in [0.15, 0.2) is 11.6 Å². The highest BCUT2D eigenvalue weighted by Crippen LogP contribution is 2.39. The zero-order valence-corrected chi connectivity index (χ0v) is 22.1. The summed E-state index contributed by atoms with van der Waals surface area (Å²) in [6.07, 6.45) is 3.80. The van der Waals surface area contributed by atoms with Gasteiger partial charge in [-0.15, -0.1) is 0 Å². The van der Waals surface area contributed by atoms with Gasteiger partial charge in [0.05, 0.1) is 30.8 Å². The molecule has 0 N–H and O–H groups in total. The number of esters is 1. The second-order valence-electron chi connectivity index (χ2n) is 9.71. The number of benzene rings is 2. The molecule has 6 nitrogen and oxygen atoms in total. The smallest absolute Gasteiger partial charge is 0.312 e. The van der Waals surface area contributed by atoms with Crippen LogP contribution in [-0.2, 0) is 16.0 Å². The van der Waals surface area contributed by atoms with Crippen LogP contribution in [0.5, 0.6) is 11.5 Å². The monoisotopic (exact) mass is 548 g/mol. The molecule has 0 amide bonds. The van der Waals surface area contributed by atoms with E-state index in [-0.39, 0.29) is 19.2 Å². The highest BCUT2D eigenvalue weighted by molar-refractivity contribution is 5.83. The highest BCUT2D eigenvalue weighted by atomic mass is 19.2. The number of halogens is 4. The summed E-state index contributed by atoms with van der Waals surface area (Å²) in [5.74, 6) is -3.97. The fourth-order valence-electron chi connectivity index (χ4n) is 5.15. The number of aromatic nitrogens is 1. The van der Waals surface area contributed by atoms with E-state index in [4.69, 9.17) is 14.2 Å². The molecule has 2 heterocycles. The number of nitrogens with zero attached hydrogens (tertiary/aromatic N) is 2. The maximum atomic E-state index is 14.8. The van der Waals surface area contributed by atoms with Crippen molar-refractivity contribution in [2.75, 3.05) is 40.0 Å². The molecule has 1 aliphatic rings. The van der Waals surface area contributed by atoms with E-state index >= 15 is 0 Å². The first-order valence-electron chi connectivity index (χ1n) is 13.0. The van der Waals surface area contributed by atoms with Gasteiger partial charge in [-0.2, -0.15) is 4.39 Å². The summed E-state index contributed by atoms with van der Waals surface area (Å²) in [5.41, 5.74) is 0.500. The quantitative estimate of drug-likeness (QED) is 0.170. The van der Waals surface area contributed by atoms with E-state index in [1.54, 1.807) is 32.2 Å². The number of carbonyl (C=O) groups is 1. The first-order chi connectivity index (χ1) is 18.8. The van der Waals surface area contributed by atoms with Crippen molar-refractivity contribution >= 4 is 16.9 Å². The van der Waals surface area contributed by atoms with Crippen molar-refractivity contribution in [1.82, 2.24) is 9.88 Å². The van der Waals surface area contributed by atoms with Gasteiger partial charge in [-0.1, -0.05) is 0 Å². The Morgan fingerprint density at radius 2 is 1.85 bits per heavy atom. The fraction of sp³-hybridized carbons (Fsp3) is 0.448. The van der Waals surface area contributed by atoms with Gasteiger partial charge in [0.25, 0.3) is 0 Å². The van der Waals surface area contributed by atoms with Crippen LogP contribution in [0.2, 0.25) is 0 Å². The molecule has 0 saturated carbocycles. The third-order valence-corrected chi connectivity index (χ3v) is 7.36. The topological polar surface area (TPSA) is 60.9 Å². The lowest BCUT2D eigenvalue weighted by atomic mass is 9.74. The average molecular weight is 549 g/mol. The number of hydrogen-bond donors (Lipinski definition) is 0. The van der Waals surface area contributed by atoms with E-state index in [1.165, 1.54) is 6.20 Å². The minimum atomic E-state index is -1.30. The number of fused-ring (bicyclic) bond motifs is 1. The minimum Gasteiger partial charge on any atom is -0.497 e. The maximum absolute atomic E-state index is 14.8. The van der Waals surface area contributed by atoms with Crippen LogP contribution in [0.25, 0.3) is 10.9 Å². The number of methoxy groups -OCH3 is 1. The zero-order valence-electron chi connectivity index (χ0n) is 22.1. The Morgan fingerprint density at radius 1 is 1.08 bits per heavy atom. The number of likely N-dealkylation sites (tertiary alicyclic amines) is 1. The van der Waals surface area contributed by atoms with Gasteiger partial charge in [0.1, 0.15) is 24.0 Å². The second-order valence-corrected chi connectivity index (χ2v) is 9.71. The maximum Gasteiger partial charge on any atom is 0.312 e. The lowest BCUT2D eigenvalue weighted by molar-refractivity contribution is -0.159. The molecule has 0 radical (unpaired) electrons. The zero-order chi connectivity index (χ0) is 28.0. The first-order valence-corrected chi connectivity index (χ1v) is 13.0. The van der Waals surface area contributed by atoms with Crippen LogP contribution >= 0.6 is 0 Å². The summed E-state index contributed by atoms with van der Waals surface area (Å²) >= 11 is 0. The summed E-state index contributed by atoms with van der Waals surface area (Å²) in [6, 6.07) is 6.61. The van der Waals surface area contributed by atoms with E-state index < -0.39 is 34.4 Å². The third-order valence-electron chi connectivity index (χ3n) is 7.36. The number of pyridine rings is 1. The van der Waals surface area contributed by atoms with Crippen molar-refractivity contribution in [3.8, 4) is 11.5 Å². The van der Waals surface area contributed by atoms with Crippen LogP contribution in [0.4, 0.5) is 17.6 Å². The van der Waals surface area contributed by atoms with Crippen LogP contribution in [0.1, 0.15) is 38.2 Å². The Kier molecular flexibility index (Phi) is 9.27. The SMILES string of the molecule is CCOC(=O)C1(CCCc2c(F)cnc3ccc(OC)cc23)CCN(CCOc2cc(F)cc(F)c2F)CC1. The van der Waals surface area contributed by atoms with Crippen LogP contribution in [0.3, 0.4) is 0 Å². The van der Waals surface area contributed by atoms with Crippen molar-refractivity contribution < 1.29 is 36.6 Å². The molecule has 1 aromatic heterocycles. The molecule has 1 fully saturated rings. The van der Waals surface area contributed by atoms with Gasteiger partial charge in [0.2, 0.25) is 5.82 Å². The Bertz CT molecular complexity index is 1310. The average Bonchev–Trinajstić information content (AvgIpc) is 2.93. The standard InChI is InChI=1S/C29H32F4N2O4/c1-3-38-28(36)29(8-4-5-21-22-17-20(37-2)6-7-25(22)34-18-24(21)32)9-11-35(12-10-29)13-14-39-26-16-19(30)15-23(31)27(26)33/h6-7,15-18H,3-5,8-14H2,1-2H3. The van der Waals surface area contributed by atoms with E-state index in [2.05, 4.69) is 4.98 Å². The molecule has 3 aromatic rings. The van der Waals surface area contributed by atoms with Crippen molar-refractivity contribution in [2.24, 2.45) is 5.41 Å². The second kappa shape index (κ2) is 12.6. The normalized spacial score (nSPS) is 15.3. The molecule has 4 rings (SSSR count). The summed E-state index contributed by atoms with van der Waals surface area (Å²) in [5, 5.41) is 0.684. The summed E-state index contributed by atoms with van der Waals surface area (Å²) < 4.78 is 71.4. The number of carbonyl (C=O) groups excluding carboxylic acids is 1. The highest BCUT2D eigenvalue weighted by Gasteiger charge is 2.42. The molecule has 0 atom stereocenters. The number of ether oxygens (including phenoxy) is 3. The number of rotatable bonds is 11. The molecule has 0 bridgehead atoms. The van der Waals surface area contributed by atoms with Gasteiger partial charge in [-0.3, -0.25) is 14.7 Å². The molecule has 0 aliphatic carbocycles. The molecule has 0 unspecified atom stereocenters. The summed E-state index contributed by atoms with van der Waals surface area (Å²) in [7, 11) is 1.55. The minimum absolute atomic E-state index is 0.0318. The Balaban J connectivity index is 1.38. The van der Waals surface area contributed by atoms with Crippen molar-refractivity contribution in [1.29, 1.82) is 0 Å². The van der Waals surface area contributed by atoms with Crippen molar-refractivity contribution in [3.05, 3.63) is 65.4 Å². The largest absolute Gasteiger partial charge is 0.497 e. The van der Waals surface area contributed by atoms with E-state index in [0.29, 0.717) is 80.0 Å². The van der Waals surface area contributed by atoms with Crippen LogP contribution in [0.15, 0.2) is 36.5 Å². The molecule has 0 spiro atoms. The summed E-state index contributed by atoms with van der Waals surface area (Å²) in [4.78, 5) is 19.3. The molecule has 210 valence electrons. The predicted octanol–water partition coefficient (Wildman–Crippen LogP) is 5.85. The van der Waals surface area contributed by atoms with Crippen LogP contribution in [0, 0.1) is 28.7 Å². The molecule has 1 aliphatic heterocycles. The van der Waals surface area contributed by atoms with Gasteiger partial charge < -0.3 is 14.2 Å². The number of hydrogen-bond acceptors (Lipinski definition) is 6. The lowest BCUT2D eigenvalue weighted by Crippen LogP contribution is -2.46. The molecule has 10 heteroatoms. The van der Waals surface area contributed by atoms with Gasteiger partial charge in [0, 0.05) is 24.1 Å². The fourth-order valence-corrected chi connectivity index (χ4v) is 5.15.